The maximum Gasteiger partial charge on any atom is 0.200 e. The number of anilines is 3. The molecule has 1 aromatic heterocycles. The lowest BCUT2D eigenvalue weighted by atomic mass is 10.3. The summed E-state index contributed by atoms with van der Waals surface area (Å²) in [6.07, 6.45) is 2.33. The van der Waals surface area contributed by atoms with Gasteiger partial charge in [-0.05, 0) is 6.42 Å². The van der Waals surface area contributed by atoms with Crippen LogP contribution in [0.4, 0.5) is 17.5 Å². The zero-order valence-corrected chi connectivity index (χ0v) is 9.52. The molecule has 15 heavy (non-hydrogen) atoms. The van der Waals surface area contributed by atoms with E-state index in [0.717, 1.165) is 31.1 Å². The summed E-state index contributed by atoms with van der Waals surface area (Å²) in [5.74, 6) is 1.35. The molecule has 0 unspecified atom stereocenters. The minimum Gasteiger partial charge on any atom is -0.369 e. The summed E-state index contributed by atoms with van der Waals surface area (Å²) < 4.78 is 0.542. The molecule has 0 atom stereocenters. The fourth-order valence-electron chi connectivity index (χ4n) is 1.67. The van der Waals surface area contributed by atoms with Gasteiger partial charge in [0.25, 0.3) is 0 Å². The zero-order chi connectivity index (χ0) is 10.8. The van der Waals surface area contributed by atoms with Gasteiger partial charge in [-0.3, -0.25) is 0 Å². The number of aromatic amines is 1. The molecule has 0 amide bonds. The first-order chi connectivity index (χ1) is 7.22. The largest absolute Gasteiger partial charge is 0.369 e. The summed E-state index contributed by atoms with van der Waals surface area (Å²) in [4.78, 5) is 9.26. The summed E-state index contributed by atoms with van der Waals surface area (Å²) in [5.41, 5.74) is 6.53. The monoisotopic (exact) mass is 225 g/mol. The van der Waals surface area contributed by atoms with Crippen LogP contribution in [0.15, 0.2) is 0 Å². The molecule has 0 saturated carbocycles. The fraction of sp³-hybridized carbons (Fsp3) is 0.556. The van der Waals surface area contributed by atoms with E-state index in [0.29, 0.717) is 10.6 Å². The number of unbranched alkanes of at least 4 members (excludes halogenated alkanes) is 1. The number of nitrogens with two attached hydrogens (primary N) is 1. The van der Waals surface area contributed by atoms with Crippen molar-refractivity contribution in [3.8, 4) is 0 Å². The Balaban J connectivity index is 2.29. The van der Waals surface area contributed by atoms with Crippen LogP contribution in [0, 0.1) is 4.64 Å². The molecule has 4 N–H and O–H groups in total. The van der Waals surface area contributed by atoms with Crippen LogP contribution in [0.1, 0.15) is 19.8 Å². The van der Waals surface area contributed by atoms with Crippen LogP contribution < -0.4 is 16.0 Å². The molecular weight excluding hydrogens is 210 g/mol. The Kier molecular flexibility index (Phi) is 2.77. The molecule has 5 nitrogen and oxygen atoms in total. The number of nitrogens with zero attached hydrogens (tertiary/aromatic N) is 2. The van der Waals surface area contributed by atoms with Gasteiger partial charge in [0.15, 0.2) is 10.6 Å². The van der Waals surface area contributed by atoms with Gasteiger partial charge in [-0.25, -0.2) is 4.98 Å². The predicted octanol–water partition coefficient (Wildman–Crippen LogP) is 1.71. The molecule has 2 rings (SSSR count). The highest BCUT2D eigenvalue weighted by Gasteiger charge is 2.20. The van der Waals surface area contributed by atoms with Crippen LogP contribution >= 0.6 is 12.2 Å². The number of hydrogen-bond donors (Lipinski definition) is 3. The number of H-pyrrole nitrogens is 1. The van der Waals surface area contributed by atoms with Crippen LogP contribution in [0.5, 0.6) is 0 Å². The lowest BCUT2D eigenvalue weighted by Gasteiger charge is -2.16. The van der Waals surface area contributed by atoms with Gasteiger partial charge in [0, 0.05) is 6.54 Å². The van der Waals surface area contributed by atoms with E-state index in [4.69, 9.17) is 18.0 Å². The van der Waals surface area contributed by atoms with Crippen LogP contribution in [0.2, 0.25) is 0 Å². The summed E-state index contributed by atoms with van der Waals surface area (Å²) in [6.45, 7) is 3.96. The second-order valence-corrected chi connectivity index (χ2v) is 3.99. The minimum atomic E-state index is 0.379. The molecular formula is C9H15N5S. The minimum absolute atomic E-state index is 0.379. The Morgan fingerprint density at radius 1 is 1.60 bits per heavy atom. The van der Waals surface area contributed by atoms with E-state index in [2.05, 4.69) is 27.1 Å². The zero-order valence-electron chi connectivity index (χ0n) is 8.71. The number of hydrogen-bond acceptors (Lipinski definition) is 5. The van der Waals surface area contributed by atoms with Crippen molar-refractivity contribution in [1.29, 1.82) is 0 Å². The van der Waals surface area contributed by atoms with Crippen molar-refractivity contribution >= 4 is 29.7 Å². The first-order valence-corrected chi connectivity index (χ1v) is 5.51. The van der Waals surface area contributed by atoms with E-state index < -0.39 is 0 Å². The Hall–Kier alpha value is -1.30. The third-order valence-corrected chi connectivity index (χ3v) is 2.76. The molecule has 0 aliphatic carbocycles. The summed E-state index contributed by atoms with van der Waals surface area (Å²) >= 11 is 5.13. The van der Waals surface area contributed by atoms with Gasteiger partial charge in [0.05, 0.1) is 6.67 Å². The first kappa shape index (κ1) is 10.2. The molecule has 0 radical (unpaired) electrons. The van der Waals surface area contributed by atoms with E-state index in [-0.39, 0.29) is 0 Å². The molecule has 2 heterocycles. The Bertz CT molecular complexity index is 413. The number of nitrogen functional groups attached to an aromatic ring is 1. The highest BCUT2D eigenvalue weighted by Crippen LogP contribution is 2.29. The van der Waals surface area contributed by atoms with Crippen LogP contribution in [-0.2, 0) is 0 Å². The highest BCUT2D eigenvalue weighted by atomic mass is 32.1. The van der Waals surface area contributed by atoms with Crippen LogP contribution in [-0.4, -0.2) is 23.2 Å². The Labute approximate surface area is 93.7 Å². The topological polar surface area (TPSA) is 70.0 Å². The van der Waals surface area contributed by atoms with Crippen molar-refractivity contribution in [3.05, 3.63) is 4.64 Å². The third-order valence-electron chi connectivity index (χ3n) is 2.46. The quantitative estimate of drug-likeness (QED) is 0.683. The third kappa shape index (κ3) is 1.90. The summed E-state index contributed by atoms with van der Waals surface area (Å²) in [6, 6.07) is 0. The lowest BCUT2D eigenvalue weighted by Crippen LogP contribution is -2.24. The maximum atomic E-state index is 5.63. The van der Waals surface area contributed by atoms with E-state index in [9.17, 15) is 0 Å². The highest BCUT2D eigenvalue weighted by molar-refractivity contribution is 7.71. The average molecular weight is 225 g/mol. The lowest BCUT2D eigenvalue weighted by molar-refractivity contribution is 0.742. The maximum absolute atomic E-state index is 5.63. The molecule has 0 aromatic carbocycles. The molecule has 1 aliphatic heterocycles. The normalized spacial score (nSPS) is 13.8. The molecule has 1 aromatic rings. The molecule has 0 bridgehead atoms. The van der Waals surface area contributed by atoms with Crippen molar-refractivity contribution in [1.82, 2.24) is 9.97 Å². The van der Waals surface area contributed by atoms with Gasteiger partial charge in [-0.15, -0.1) is 0 Å². The standard InChI is InChI=1S/C9H15N5S/c1-2-3-4-14-5-11-6-7(14)12-9(10)13-8(6)15/h11H,2-5H2,1H3,(H3,10,12,13,15). The molecule has 0 saturated heterocycles. The molecule has 0 spiro atoms. The SMILES string of the molecule is CCCCN1CNc2c1[nH]c(N)nc2=S. The number of nitrogens with one attached hydrogen (secondary N) is 2. The van der Waals surface area contributed by atoms with Crippen LogP contribution in [0.3, 0.4) is 0 Å². The Morgan fingerprint density at radius 3 is 3.13 bits per heavy atom. The van der Waals surface area contributed by atoms with Crippen molar-refractivity contribution in [2.45, 2.75) is 19.8 Å². The van der Waals surface area contributed by atoms with Gasteiger partial charge >= 0.3 is 0 Å². The van der Waals surface area contributed by atoms with E-state index in [1.54, 1.807) is 0 Å². The van der Waals surface area contributed by atoms with E-state index >= 15 is 0 Å². The molecule has 82 valence electrons. The van der Waals surface area contributed by atoms with Crippen molar-refractivity contribution in [3.63, 3.8) is 0 Å². The fourth-order valence-corrected chi connectivity index (χ4v) is 1.94. The molecule has 0 fully saturated rings. The van der Waals surface area contributed by atoms with E-state index in [1.807, 2.05) is 0 Å². The average Bonchev–Trinajstić information content (AvgIpc) is 2.58. The van der Waals surface area contributed by atoms with Gasteiger partial charge < -0.3 is 20.9 Å². The number of fused-ring (bicyclic) bond motifs is 1. The second kappa shape index (κ2) is 4.06. The van der Waals surface area contributed by atoms with Crippen molar-refractivity contribution in [2.75, 3.05) is 29.2 Å². The van der Waals surface area contributed by atoms with Gasteiger partial charge in [0.2, 0.25) is 0 Å². The van der Waals surface area contributed by atoms with Crippen LogP contribution in [0.25, 0.3) is 0 Å². The number of rotatable bonds is 3. The number of aromatic nitrogens is 2. The van der Waals surface area contributed by atoms with Crippen molar-refractivity contribution in [2.24, 2.45) is 0 Å². The molecule has 6 heteroatoms. The van der Waals surface area contributed by atoms with Crippen molar-refractivity contribution < 1.29 is 0 Å². The van der Waals surface area contributed by atoms with Gasteiger partial charge in [-0.2, -0.15) is 0 Å². The first-order valence-electron chi connectivity index (χ1n) is 5.11. The predicted molar refractivity (Wildman–Crippen MR) is 64.6 cm³/mol. The molecule has 1 aliphatic rings. The van der Waals surface area contributed by atoms with Gasteiger partial charge in [-0.1, -0.05) is 25.6 Å². The van der Waals surface area contributed by atoms with Gasteiger partial charge in [0.1, 0.15) is 11.5 Å². The van der Waals surface area contributed by atoms with E-state index in [1.165, 1.54) is 6.42 Å². The smallest absolute Gasteiger partial charge is 0.200 e. The summed E-state index contributed by atoms with van der Waals surface area (Å²) in [5, 5.41) is 3.23. The summed E-state index contributed by atoms with van der Waals surface area (Å²) in [7, 11) is 0. The Morgan fingerprint density at radius 2 is 2.40 bits per heavy atom. The second-order valence-electron chi connectivity index (χ2n) is 3.60.